The average molecular weight is 409 g/mol. The number of esters is 1. The van der Waals surface area contributed by atoms with E-state index in [1.54, 1.807) is 11.8 Å². The molecule has 4 rings (SSSR count). The van der Waals surface area contributed by atoms with Crippen LogP contribution < -0.4 is 0 Å². The third-order valence-electron chi connectivity index (χ3n) is 6.01. The minimum Gasteiger partial charge on any atom is -0.466 e. The summed E-state index contributed by atoms with van der Waals surface area (Å²) in [6.07, 6.45) is 3.53. The van der Waals surface area contributed by atoms with Gasteiger partial charge in [-0.05, 0) is 63.8 Å². The summed E-state index contributed by atoms with van der Waals surface area (Å²) < 4.78 is 6.93. The van der Waals surface area contributed by atoms with Crippen LogP contribution in [0.15, 0.2) is 24.3 Å². The number of ether oxygens (including phenoxy) is 1. The zero-order chi connectivity index (χ0) is 21.3. The van der Waals surface area contributed by atoms with Crippen LogP contribution in [0.1, 0.15) is 64.7 Å². The number of ketones is 1. The lowest BCUT2D eigenvalue weighted by molar-refractivity contribution is -0.149. The molecule has 7 nitrogen and oxygen atoms in total. The third kappa shape index (κ3) is 3.76. The second-order valence-corrected chi connectivity index (χ2v) is 7.96. The number of likely N-dealkylation sites (tertiary alicyclic amines) is 1. The first kappa shape index (κ1) is 20.3. The SMILES string of the molecule is CCOC(=O)C1CCN(C(=O)c2ccc(-n3nc(C)c4c3CCCC4=O)cc2)CC1. The Morgan fingerprint density at radius 1 is 1.13 bits per heavy atom. The van der Waals surface area contributed by atoms with Gasteiger partial charge in [0.15, 0.2) is 5.78 Å². The molecule has 0 N–H and O–H groups in total. The number of aryl methyl sites for hydroxylation is 1. The molecule has 1 fully saturated rings. The Balaban J connectivity index is 1.46. The first-order valence-electron chi connectivity index (χ1n) is 10.7. The zero-order valence-corrected chi connectivity index (χ0v) is 17.5. The van der Waals surface area contributed by atoms with Crippen LogP contribution in [0.5, 0.6) is 0 Å². The zero-order valence-electron chi connectivity index (χ0n) is 17.5. The standard InChI is InChI=1S/C23H27N3O4/c1-3-30-23(29)17-11-13-25(14-12-17)22(28)16-7-9-18(10-8-16)26-19-5-4-6-20(27)21(19)15(2)24-26/h7-10,17H,3-6,11-14H2,1-2H3. The molecule has 0 saturated carbocycles. The fourth-order valence-corrected chi connectivity index (χ4v) is 4.43. The van der Waals surface area contributed by atoms with E-state index in [-0.39, 0.29) is 23.6 Å². The molecule has 0 bridgehead atoms. The predicted octanol–water partition coefficient (Wildman–Crippen LogP) is 3.12. The van der Waals surface area contributed by atoms with Crippen molar-refractivity contribution in [1.29, 1.82) is 0 Å². The van der Waals surface area contributed by atoms with Crippen LogP contribution in [0.4, 0.5) is 0 Å². The summed E-state index contributed by atoms with van der Waals surface area (Å²) in [5.41, 5.74) is 3.95. The Morgan fingerprint density at radius 3 is 2.50 bits per heavy atom. The Bertz CT molecular complexity index is 969. The first-order valence-corrected chi connectivity index (χ1v) is 10.7. The number of aromatic nitrogens is 2. The van der Waals surface area contributed by atoms with Gasteiger partial charge in [0.1, 0.15) is 0 Å². The van der Waals surface area contributed by atoms with Crippen LogP contribution in [-0.4, -0.2) is 52.0 Å². The molecular weight excluding hydrogens is 382 g/mol. The van der Waals surface area contributed by atoms with E-state index in [1.165, 1.54) is 0 Å². The van der Waals surface area contributed by atoms with E-state index in [0.29, 0.717) is 44.5 Å². The second kappa shape index (κ2) is 8.42. The number of amides is 1. The number of carbonyl (C=O) groups excluding carboxylic acids is 3. The summed E-state index contributed by atoms with van der Waals surface area (Å²) in [4.78, 5) is 38.8. The van der Waals surface area contributed by atoms with Gasteiger partial charge in [-0.2, -0.15) is 5.10 Å². The molecule has 1 aliphatic heterocycles. The predicted molar refractivity (Wildman–Crippen MR) is 111 cm³/mol. The fourth-order valence-electron chi connectivity index (χ4n) is 4.43. The van der Waals surface area contributed by atoms with Crippen LogP contribution in [-0.2, 0) is 16.0 Å². The Hall–Kier alpha value is -2.96. The normalized spacial score (nSPS) is 17.0. The number of Topliss-reactive ketones (excluding diaryl/α,β-unsaturated/α-hetero) is 1. The van der Waals surface area contributed by atoms with E-state index in [9.17, 15) is 14.4 Å². The molecule has 0 spiro atoms. The van der Waals surface area contributed by atoms with Crippen molar-refractivity contribution in [3.8, 4) is 5.69 Å². The number of hydrogen-bond donors (Lipinski definition) is 0. The van der Waals surface area contributed by atoms with Crippen molar-refractivity contribution < 1.29 is 19.1 Å². The van der Waals surface area contributed by atoms with E-state index >= 15 is 0 Å². The van der Waals surface area contributed by atoms with Gasteiger partial charge in [0, 0.05) is 25.1 Å². The van der Waals surface area contributed by atoms with E-state index in [1.807, 2.05) is 35.9 Å². The summed E-state index contributed by atoms with van der Waals surface area (Å²) in [5, 5.41) is 4.57. The van der Waals surface area contributed by atoms with Gasteiger partial charge in [0.25, 0.3) is 5.91 Å². The molecule has 2 aliphatic rings. The van der Waals surface area contributed by atoms with Crippen molar-refractivity contribution in [2.45, 2.75) is 46.0 Å². The van der Waals surface area contributed by atoms with Gasteiger partial charge < -0.3 is 9.64 Å². The topological polar surface area (TPSA) is 81.5 Å². The molecule has 2 aromatic rings. The third-order valence-corrected chi connectivity index (χ3v) is 6.01. The lowest BCUT2D eigenvalue weighted by atomic mass is 9.94. The van der Waals surface area contributed by atoms with Crippen LogP contribution >= 0.6 is 0 Å². The van der Waals surface area contributed by atoms with Gasteiger partial charge in [0.2, 0.25) is 0 Å². The van der Waals surface area contributed by atoms with Crippen molar-refractivity contribution in [3.63, 3.8) is 0 Å². The van der Waals surface area contributed by atoms with E-state index in [2.05, 4.69) is 5.10 Å². The maximum atomic E-state index is 12.9. The van der Waals surface area contributed by atoms with Crippen LogP contribution in [0, 0.1) is 12.8 Å². The smallest absolute Gasteiger partial charge is 0.309 e. The number of piperidine rings is 1. The monoisotopic (exact) mass is 409 g/mol. The number of fused-ring (bicyclic) bond motifs is 1. The molecule has 2 heterocycles. The molecule has 158 valence electrons. The van der Waals surface area contributed by atoms with E-state index in [4.69, 9.17) is 4.74 Å². The van der Waals surface area contributed by atoms with Crippen LogP contribution in [0.3, 0.4) is 0 Å². The quantitative estimate of drug-likeness (QED) is 0.725. The lowest BCUT2D eigenvalue weighted by Gasteiger charge is -2.31. The number of carbonyl (C=O) groups is 3. The van der Waals surface area contributed by atoms with E-state index < -0.39 is 0 Å². The summed E-state index contributed by atoms with van der Waals surface area (Å²) in [6, 6.07) is 7.38. The molecule has 0 atom stereocenters. The summed E-state index contributed by atoms with van der Waals surface area (Å²) in [5.74, 6) is -0.144. The number of benzene rings is 1. The second-order valence-electron chi connectivity index (χ2n) is 7.96. The molecule has 0 unspecified atom stereocenters. The summed E-state index contributed by atoms with van der Waals surface area (Å²) in [6.45, 7) is 5.17. The molecular formula is C23H27N3O4. The van der Waals surface area contributed by atoms with Crippen molar-refractivity contribution in [3.05, 3.63) is 46.8 Å². The molecule has 7 heteroatoms. The van der Waals surface area contributed by atoms with Gasteiger partial charge in [-0.25, -0.2) is 4.68 Å². The minimum atomic E-state index is -0.162. The molecule has 1 aromatic heterocycles. The van der Waals surface area contributed by atoms with E-state index in [0.717, 1.165) is 35.5 Å². The van der Waals surface area contributed by atoms with Gasteiger partial charge >= 0.3 is 5.97 Å². The Labute approximate surface area is 176 Å². The summed E-state index contributed by atoms with van der Waals surface area (Å²) in [7, 11) is 0. The largest absolute Gasteiger partial charge is 0.466 e. The first-order chi connectivity index (χ1) is 14.5. The molecule has 0 radical (unpaired) electrons. The summed E-state index contributed by atoms with van der Waals surface area (Å²) >= 11 is 0. The highest BCUT2D eigenvalue weighted by atomic mass is 16.5. The van der Waals surface area contributed by atoms with Crippen molar-refractivity contribution in [2.24, 2.45) is 5.92 Å². The Kier molecular flexibility index (Phi) is 5.70. The van der Waals surface area contributed by atoms with Crippen LogP contribution in [0.25, 0.3) is 5.69 Å². The van der Waals surface area contributed by atoms with Gasteiger partial charge in [-0.1, -0.05) is 0 Å². The molecule has 1 aliphatic carbocycles. The lowest BCUT2D eigenvalue weighted by Crippen LogP contribution is -2.40. The molecule has 1 aromatic carbocycles. The molecule has 30 heavy (non-hydrogen) atoms. The number of nitrogens with zero attached hydrogens (tertiary/aromatic N) is 3. The molecule has 1 saturated heterocycles. The van der Waals surface area contributed by atoms with Gasteiger partial charge in [-0.15, -0.1) is 0 Å². The van der Waals surface area contributed by atoms with Crippen molar-refractivity contribution in [2.75, 3.05) is 19.7 Å². The molecule has 1 amide bonds. The van der Waals surface area contributed by atoms with Crippen molar-refractivity contribution >= 4 is 17.7 Å². The highest BCUT2D eigenvalue weighted by Crippen LogP contribution is 2.27. The Morgan fingerprint density at radius 2 is 1.83 bits per heavy atom. The maximum Gasteiger partial charge on any atom is 0.309 e. The highest BCUT2D eigenvalue weighted by molar-refractivity contribution is 5.99. The fraction of sp³-hybridized carbons (Fsp3) is 0.478. The average Bonchev–Trinajstić information content (AvgIpc) is 3.11. The number of rotatable bonds is 4. The van der Waals surface area contributed by atoms with Gasteiger partial charge in [-0.3, -0.25) is 14.4 Å². The maximum absolute atomic E-state index is 12.9. The van der Waals surface area contributed by atoms with Crippen LogP contribution in [0.2, 0.25) is 0 Å². The highest BCUT2D eigenvalue weighted by Gasteiger charge is 2.29. The minimum absolute atomic E-state index is 0.0299. The van der Waals surface area contributed by atoms with Crippen molar-refractivity contribution in [1.82, 2.24) is 14.7 Å². The number of hydrogen-bond acceptors (Lipinski definition) is 5. The van der Waals surface area contributed by atoms with Gasteiger partial charge in [0.05, 0.1) is 35.2 Å².